The summed E-state index contributed by atoms with van der Waals surface area (Å²) in [6.07, 6.45) is 3.29. The van der Waals surface area contributed by atoms with Crippen molar-refractivity contribution in [2.24, 2.45) is 5.41 Å². The van der Waals surface area contributed by atoms with Crippen molar-refractivity contribution in [1.29, 1.82) is 0 Å². The SMILES string of the molecule is CC(C)(C)C(=O)N[C@@H](c1ccc(-c2ccccc2)nc1)c1ccc(-c2ccccc2)[n+]([O-])c1. The second-order valence-corrected chi connectivity index (χ2v) is 9.04. The fraction of sp³-hybridized carbons (Fsp3) is 0.179. The predicted octanol–water partition coefficient (Wildman–Crippen LogP) is 5.30. The number of hydrogen-bond acceptors (Lipinski definition) is 3. The first kappa shape index (κ1) is 22.2. The molecule has 4 rings (SSSR count). The summed E-state index contributed by atoms with van der Waals surface area (Å²) in [5.41, 5.74) is 4.17. The van der Waals surface area contributed by atoms with E-state index in [1.54, 1.807) is 12.3 Å². The van der Waals surface area contributed by atoms with Crippen molar-refractivity contribution in [1.82, 2.24) is 10.3 Å². The molecule has 0 aliphatic carbocycles. The number of amides is 1. The monoisotopic (exact) mass is 437 g/mol. The Balaban J connectivity index is 1.71. The lowest BCUT2D eigenvalue weighted by molar-refractivity contribution is -0.594. The van der Waals surface area contributed by atoms with Crippen molar-refractivity contribution < 1.29 is 9.52 Å². The number of carbonyl (C=O) groups is 1. The lowest BCUT2D eigenvalue weighted by Crippen LogP contribution is -2.39. The van der Waals surface area contributed by atoms with Gasteiger partial charge in [0, 0.05) is 34.4 Å². The number of aromatic nitrogens is 2. The second-order valence-electron chi connectivity index (χ2n) is 9.04. The highest BCUT2D eigenvalue weighted by Gasteiger charge is 2.27. The van der Waals surface area contributed by atoms with Crippen LogP contribution in [0.3, 0.4) is 0 Å². The summed E-state index contributed by atoms with van der Waals surface area (Å²) in [5, 5.41) is 16.0. The number of rotatable bonds is 5. The Kier molecular flexibility index (Phi) is 6.22. The summed E-state index contributed by atoms with van der Waals surface area (Å²) in [5.74, 6) is -0.107. The predicted molar refractivity (Wildman–Crippen MR) is 130 cm³/mol. The first-order chi connectivity index (χ1) is 15.8. The summed E-state index contributed by atoms with van der Waals surface area (Å²) in [6.45, 7) is 5.59. The summed E-state index contributed by atoms with van der Waals surface area (Å²) < 4.78 is 0.854. The van der Waals surface area contributed by atoms with Crippen LogP contribution in [0, 0.1) is 10.6 Å². The van der Waals surface area contributed by atoms with Crippen LogP contribution >= 0.6 is 0 Å². The maximum atomic E-state index is 12.9. The highest BCUT2D eigenvalue weighted by atomic mass is 16.5. The lowest BCUT2D eigenvalue weighted by atomic mass is 9.93. The fourth-order valence-electron chi connectivity index (χ4n) is 3.56. The molecule has 0 saturated carbocycles. The van der Waals surface area contributed by atoms with Gasteiger partial charge in [-0.25, -0.2) is 0 Å². The van der Waals surface area contributed by atoms with Crippen LogP contribution in [-0.4, -0.2) is 10.9 Å². The van der Waals surface area contributed by atoms with Gasteiger partial charge in [0.05, 0.1) is 11.7 Å². The molecule has 0 aliphatic heterocycles. The van der Waals surface area contributed by atoms with Crippen LogP contribution in [0.5, 0.6) is 0 Å². The van der Waals surface area contributed by atoms with E-state index in [1.807, 2.05) is 99.6 Å². The Morgan fingerprint density at radius 2 is 1.45 bits per heavy atom. The average Bonchev–Trinajstić information content (AvgIpc) is 2.83. The van der Waals surface area contributed by atoms with Gasteiger partial charge in [-0.05, 0) is 29.8 Å². The van der Waals surface area contributed by atoms with E-state index >= 15 is 0 Å². The molecule has 0 spiro atoms. The van der Waals surface area contributed by atoms with E-state index in [-0.39, 0.29) is 5.91 Å². The first-order valence-electron chi connectivity index (χ1n) is 10.9. The molecule has 1 N–H and O–H groups in total. The van der Waals surface area contributed by atoms with Gasteiger partial charge in [0.1, 0.15) is 0 Å². The molecule has 0 saturated heterocycles. The first-order valence-corrected chi connectivity index (χ1v) is 10.9. The molecule has 166 valence electrons. The molecule has 1 amide bonds. The molecule has 5 heteroatoms. The van der Waals surface area contributed by atoms with Crippen LogP contribution in [0.1, 0.15) is 37.9 Å². The smallest absolute Gasteiger partial charge is 0.226 e. The van der Waals surface area contributed by atoms with E-state index in [2.05, 4.69) is 10.3 Å². The summed E-state index contributed by atoms with van der Waals surface area (Å²) in [4.78, 5) is 17.5. The van der Waals surface area contributed by atoms with E-state index in [0.717, 1.165) is 27.1 Å². The summed E-state index contributed by atoms with van der Waals surface area (Å²) >= 11 is 0. The molecule has 33 heavy (non-hydrogen) atoms. The summed E-state index contributed by atoms with van der Waals surface area (Å²) in [7, 11) is 0. The van der Waals surface area contributed by atoms with E-state index in [0.29, 0.717) is 11.3 Å². The lowest BCUT2D eigenvalue weighted by Gasteiger charge is -2.24. The number of hydrogen-bond donors (Lipinski definition) is 1. The number of carbonyl (C=O) groups excluding carboxylic acids is 1. The molecule has 4 aromatic rings. The van der Waals surface area contributed by atoms with Crippen LogP contribution in [0.2, 0.25) is 0 Å². The highest BCUT2D eigenvalue weighted by molar-refractivity contribution is 5.82. The molecule has 0 bridgehead atoms. The van der Waals surface area contributed by atoms with E-state index < -0.39 is 11.5 Å². The summed E-state index contributed by atoms with van der Waals surface area (Å²) in [6, 6.07) is 26.5. The Morgan fingerprint density at radius 3 is 2.00 bits per heavy atom. The number of nitrogens with zero attached hydrogens (tertiary/aromatic N) is 2. The Morgan fingerprint density at radius 1 is 0.848 bits per heavy atom. The minimum atomic E-state index is -0.576. The third-order valence-corrected chi connectivity index (χ3v) is 5.49. The van der Waals surface area contributed by atoms with Gasteiger partial charge in [-0.2, -0.15) is 4.73 Å². The molecule has 2 aromatic heterocycles. The highest BCUT2D eigenvalue weighted by Crippen LogP contribution is 2.27. The van der Waals surface area contributed by atoms with Gasteiger partial charge in [-0.3, -0.25) is 9.78 Å². The Hall–Kier alpha value is -3.99. The molecule has 1 atom stereocenters. The quantitative estimate of drug-likeness (QED) is 0.340. The van der Waals surface area contributed by atoms with Crippen LogP contribution < -0.4 is 10.0 Å². The third-order valence-electron chi connectivity index (χ3n) is 5.49. The topological polar surface area (TPSA) is 68.9 Å². The number of nitrogens with one attached hydrogen (secondary N) is 1. The van der Waals surface area contributed by atoms with Crippen molar-refractivity contribution in [2.75, 3.05) is 0 Å². The van der Waals surface area contributed by atoms with Crippen LogP contribution in [-0.2, 0) is 4.79 Å². The molecule has 0 unspecified atom stereocenters. The average molecular weight is 438 g/mol. The van der Waals surface area contributed by atoms with Gasteiger partial charge in [-0.1, -0.05) is 75.4 Å². The molecule has 0 fully saturated rings. The van der Waals surface area contributed by atoms with Crippen molar-refractivity contribution >= 4 is 5.91 Å². The minimum absolute atomic E-state index is 0.107. The van der Waals surface area contributed by atoms with Crippen molar-refractivity contribution in [3.05, 3.63) is 114 Å². The maximum Gasteiger partial charge on any atom is 0.226 e. The number of pyridine rings is 2. The van der Waals surface area contributed by atoms with Gasteiger partial charge >= 0.3 is 0 Å². The van der Waals surface area contributed by atoms with Gasteiger partial charge in [-0.15, -0.1) is 0 Å². The zero-order valence-corrected chi connectivity index (χ0v) is 19.0. The van der Waals surface area contributed by atoms with Crippen LogP contribution in [0.4, 0.5) is 0 Å². The van der Waals surface area contributed by atoms with Crippen LogP contribution in [0.25, 0.3) is 22.5 Å². The van der Waals surface area contributed by atoms with E-state index in [1.165, 1.54) is 6.20 Å². The van der Waals surface area contributed by atoms with Gasteiger partial charge in [0.25, 0.3) is 0 Å². The largest absolute Gasteiger partial charge is 0.618 e. The fourth-order valence-corrected chi connectivity index (χ4v) is 3.56. The zero-order valence-electron chi connectivity index (χ0n) is 19.0. The maximum absolute atomic E-state index is 12.9. The van der Waals surface area contributed by atoms with Crippen molar-refractivity contribution in [2.45, 2.75) is 26.8 Å². The Bertz CT molecular complexity index is 1230. The molecule has 0 aliphatic rings. The standard InChI is InChI=1S/C28H27N3O2/c1-28(2,3)27(32)30-26(22-14-16-24(29-18-22)20-10-6-4-7-11-20)23-15-17-25(31(33)19-23)21-12-8-5-9-13-21/h4-19,26H,1-3H3,(H,30,32)/t26-/m0/s1. The molecule has 2 aromatic carbocycles. The zero-order chi connectivity index (χ0) is 23.4. The van der Waals surface area contributed by atoms with E-state index in [4.69, 9.17) is 0 Å². The number of benzene rings is 2. The third kappa shape index (κ3) is 5.09. The molecular weight excluding hydrogens is 410 g/mol. The van der Waals surface area contributed by atoms with Gasteiger partial charge < -0.3 is 10.5 Å². The van der Waals surface area contributed by atoms with E-state index in [9.17, 15) is 10.0 Å². The van der Waals surface area contributed by atoms with Gasteiger partial charge in [0.15, 0.2) is 6.20 Å². The van der Waals surface area contributed by atoms with Crippen molar-refractivity contribution in [3.8, 4) is 22.5 Å². The molecule has 2 heterocycles. The normalized spacial score (nSPS) is 12.2. The minimum Gasteiger partial charge on any atom is -0.618 e. The molecular formula is C28H27N3O2. The van der Waals surface area contributed by atoms with Crippen LogP contribution in [0.15, 0.2) is 97.3 Å². The Labute approximate surface area is 194 Å². The molecule has 5 nitrogen and oxygen atoms in total. The van der Waals surface area contributed by atoms with Crippen molar-refractivity contribution in [3.63, 3.8) is 0 Å². The molecule has 0 radical (unpaired) electrons. The second kappa shape index (κ2) is 9.25. The van der Waals surface area contributed by atoms with Gasteiger partial charge in [0.2, 0.25) is 11.6 Å².